The van der Waals surface area contributed by atoms with Crippen LogP contribution in [0.3, 0.4) is 0 Å². The van der Waals surface area contributed by atoms with E-state index in [1.54, 1.807) is 29.3 Å². The van der Waals surface area contributed by atoms with Crippen LogP contribution in [-0.2, 0) is 6.61 Å². The van der Waals surface area contributed by atoms with Gasteiger partial charge in [0.1, 0.15) is 12.4 Å². The molecule has 0 radical (unpaired) electrons. The molecule has 0 fully saturated rings. The summed E-state index contributed by atoms with van der Waals surface area (Å²) in [4.78, 5) is 8.42. The maximum Gasteiger partial charge on any atom is 0.325 e. The summed E-state index contributed by atoms with van der Waals surface area (Å²) < 4.78 is 13.1. The molecule has 0 bridgehead atoms. The Morgan fingerprint density at radius 1 is 0.923 bits per heavy atom. The molecule has 2 aromatic heterocycles. The molecule has 2 aromatic carbocycles. The van der Waals surface area contributed by atoms with Gasteiger partial charge < -0.3 is 9.47 Å². The van der Waals surface area contributed by atoms with Crippen molar-refractivity contribution >= 4 is 0 Å². The van der Waals surface area contributed by atoms with Crippen molar-refractivity contribution in [3.05, 3.63) is 84.8 Å². The summed E-state index contributed by atoms with van der Waals surface area (Å²) >= 11 is 0. The molecule has 0 spiro atoms. The molecule has 0 aliphatic heterocycles. The second kappa shape index (κ2) is 7.43. The monoisotopic (exact) mass is 345 g/mol. The molecule has 4 rings (SSSR count). The van der Waals surface area contributed by atoms with Gasteiger partial charge in [-0.05, 0) is 17.7 Å². The Labute approximate surface area is 149 Å². The molecule has 0 aliphatic rings. The van der Waals surface area contributed by atoms with Crippen LogP contribution in [0, 0.1) is 0 Å². The van der Waals surface area contributed by atoms with Gasteiger partial charge in [-0.15, -0.1) is 5.10 Å². The third-order valence-corrected chi connectivity index (χ3v) is 3.55. The zero-order valence-electron chi connectivity index (χ0n) is 13.8. The van der Waals surface area contributed by atoms with E-state index >= 15 is 0 Å². The summed E-state index contributed by atoms with van der Waals surface area (Å²) in [6.45, 7) is 0.430. The van der Waals surface area contributed by atoms with Crippen LogP contribution in [0.25, 0.3) is 5.69 Å². The van der Waals surface area contributed by atoms with Crippen molar-refractivity contribution in [2.45, 2.75) is 6.61 Å². The first-order valence-corrected chi connectivity index (χ1v) is 8.01. The Morgan fingerprint density at radius 3 is 2.69 bits per heavy atom. The quantitative estimate of drug-likeness (QED) is 0.533. The minimum atomic E-state index is 0.214. The van der Waals surface area contributed by atoms with Crippen LogP contribution < -0.4 is 9.47 Å². The minimum Gasteiger partial charge on any atom is -0.473 e. The van der Waals surface area contributed by atoms with Crippen molar-refractivity contribution < 1.29 is 9.47 Å². The number of nitrogens with zero attached hydrogens (tertiary/aromatic N) is 5. The Bertz CT molecular complexity index is 974. The number of benzene rings is 2. The number of ether oxygens (including phenoxy) is 2. The average Bonchev–Trinajstić information content (AvgIpc) is 3.23. The van der Waals surface area contributed by atoms with Gasteiger partial charge in [-0.25, -0.2) is 9.67 Å². The first-order valence-electron chi connectivity index (χ1n) is 8.01. The van der Waals surface area contributed by atoms with Crippen LogP contribution in [0.1, 0.15) is 5.56 Å². The van der Waals surface area contributed by atoms with Crippen LogP contribution in [0.5, 0.6) is 17.6 Å². The first-order chi connectivity index (χ1) is 12.9. The Kier molecular flexibility index (Phi) is 4.51. The Balaban J connectivity index is 1.46. The maximum absolute atomic E-state index is 5.75. The number of hydrogen-bond donors (Lipinski definition) is 0. The highest BCUT2D eigenvalue weighted by atomic mass is 16.5. The highest BCUT2D eigenvalue weighted by molar-refractivity contribution is 5.39. The van der Waals surface area contributed by atoms with Crippen LogP contribution in [0.2, 0.25) is 0 Å². The van der Waals surface area contributed by atoms with Crippen LogP contribution in [0.15, 0.2) is 79.3 Å². The number of rotatable bonds is 6. The van der Waals surface area contributed by atoms with E-state index in [0.717, 1.165) is 11.3 Å². The van der Waals surface area contributed by atoms with Gasteiger partial charge >= 0.3 is 6.01 Å². The van der Waals surface area contributed by atoms with Gasteiger partial charge in [0.15, 0.2) is 0 Å². The molecule has 0 unspecified atom stereocenters. The Hall–Kier alpha value is -3.74. The highest BCUT2D eigenvalue weighted by Crippen LogP contribution is 2.22. The van der Waals surface area contributed by atoms with Crippen LogP contribution in [-0.4, -0.2) is 25.0 Å². The van der Waals surface area contributed by atoms with Crippen molar-refractivity contribution in [1.82, 2.24) is 25.0 Å². The van der Waals surface area contributed by atoms with Crippen molar-refractivity contribution in [1.29, 1.82) is 0 Å². The van der Waals surface area contributed by atoms with Crippen molar-refractivity contribution in [2.75, 3.05) is 0 Å². The van der Waals surface area contributed by atoms with Gasteiger partial charge in [0.05, 0.1) is 18.1 Å². The summed E-state index contributed by atoms with van der Waals surface area (Å²) in [5.74, 6) is 1.05. The molecule has 128 valence electrons. The molecule has 2 heterocycles. The molecule has 0 N–H and O–H groups in total. The lowest BCUT2D eigenvalue weighted by molar-refractivity contribution is 0.287. The lowest BCUT2D eigenvalue weighted by Gasteiger charge is -2.08. The summed E-state index contributed by atoms with van der Waals surface area (Å²) in [5.41, 5.74) is 1.89. The van der Waals surface area contributed by atoms with Gasteiger partial charge in [0, 0.05) is 18.3 Å². The van der Waals surface area contributed by atoms with Crippen LogP contribution >= 0.6 is 0 Å². The molecule has 0 aliphatic carbocycles. The second-order valence-corrected chi connectivity index (χ2v) is 5.40. The van der Waals surface area contributed by atoms with E-state index in [0.29, 0.717) is 18.2 Å². The van der Waals surface area contributed by atoms with Gasteiger partial charge in [-0.3, -0.25) is 0 Å². The molecule has 0 atom stereocenters. The topological polar surface area (TPSA) is 75.0 Å². The largest absolute Gasteiger partial charge is 0.473 e. The van der Waals surface area contributed by atoms with Crippen molar-refractivity contribution in [3.8, 4) is 23.3 Å². The van der Waals surface area contributed by atoms with Crippen molar-refractivity contribution in [2.24, 2.45) is 0 Å². The van der Waals surface area contributed by atoms with E-state index in [1.165, 1.54) is 0 Å². The molecule has 4 aromatic rings. The van der Waals surface area contributed by atoms with E-state index in [-0.39, 0.29) is 6.01 Å². The van der Waals surface area contributed by atoms with E-state index in [1.807, 2.05) is 54.6 Å². The zero-order valence-corrected chi connectivity index (χ0v) is 13.8. The predicted molar refractivity (Wildman–Crippen MR) is 94.2 cm³/mol. The third kappa shape index (κ3) is 3.84. The minimum absolute atomic E-state index is 0.214. The predicted octanol–water partition coefficient (Wildman–Crippen LogP) is 3.43. The van der Waals surface area contributed by atoms with Gasteiger partial charge in [-0.2, -0.15) is 4.98 Å². The fourth-order valence-electron chi connectivity index (χ4n) is 2.33. The standard InChI is InChI=1S/C19H15N5O2/c1-2-5-15(6-3-1)14-25-18-9-10-20-19(22-18)26-17-8-4-7-16(13-17)24-12-11-21-23-24/h1-13H,14H2. The normalized spacial score (nSPS) is 10.5. The molecule has 26 heavy (non-hydrogen) atoms. The lowest BCUT2D eigenvalue weighted by Crippen LogP contribution is -2.00. The average molecular weight is 345 g/mol. The zero-order chi connectivity index (χ0) is 17.6. The molecular weight excluding hydrogens is 330 g/mol. The Morgan fingerprint density at radius 2 is 1.85 bits per heavy atom. The maximum atomic E-state index is 5.75. The molecule has 0 amide bonds. The molecule has 0 saturated carbocycles. The SMILES string of the molecule is c1ccc(COc2ccnc(Oc3cccc(-n4ccnn4)c3)n2)cc1. The number of aromatic nitrogens is 5. The summed E-state index contributed by atoms with van der Waals surface area (Å²) in [6.07, 6.45) is 4.97. The lowest BCUT2D eigenvalue weighted by atomic mass is 10.2. The fraction of sp³-hybridized carbons (Fsp3) is 0.0526. The van der Waals surface area contributed by atoms with Gasteiger partial charge in [0.25, 0.3) is 0 Å². The second-order valence-electron chi connectivity index (χ2n) is 5.40. The van der Waals surface area contributed by atoms with E-state index in [9.17, 15) is 0 Å². The first kappa shape index (κ1) is 15.8. The molecule has 7 nitrogen and oxygen atoms in total. The molecule has 0 saturated heterocycles. The van der Waals surface area contributed by atoms with E-state index in [4.69, 9.17) is 9.47 Å². The van der Waals surface area contributed by atoms with Gasteiger partial charge in [-0.1, -0.05) is 41.6 Å². The van der Waals surface area contributed by atoms with E-state index < -0.39 is 0 Å². The third-order valence-electron chi connectivity index (χ3n) is 3.55. The summed E-state index contributed by atoms with van der Waals surface area (Å²) in [5, 5.41) is 7.76. The fourth-order valence-corrected chi connectivity index (χ4v) is 2.33. The summed E-state index contributed by atoms with van der Waals surface area (Å²) in [7, 11) is 0. The van der Waals surface area contributed by atoms with Crippen molar-refractivity contribution in [3.63, 3.8) is 0 Å². The van der Waals surface area contributed by atoms with Crippen LogP contribution in [0.4, 0.5) is 0 Å². The number of hydrogen-bond acceptors (Lipinski definition) is 6. The van der Waals surface area contributed by atoms with E-state index in [2.05, 4.69) is 20.3 Å². The summed E-state index contributed by atoms with van der Waals surface area (Å²) in [6, 6.07) is 19.2. The molecular formula is C19H15N5O2. The smallest absolute Gasteiger partial charge is 0.325 e. The highest BCUT2D eigenvalue weighted by Gasteiger charge is 2.05. The van der Waals surface area contributed by atoms with Gasteiger partial charge in [0.2, 0.25) is 5.88 Å². The molecule has 7 heteroatoms.